The van der Waals surface area contributed by atoms with E-state index in [2.05, 4.69) is 22.4 Å². The van der Waals surface area contributed by atoms with Crippen LogP contribution >= 0.6 is 34.7 Å². The Balaban J connectivity index is 1.56. The van der Waals surface area contributed by atoms with Crippen LogP contribution in [0.4, 0.5) is 0 Å². The Morgan fingerprint density at radius 2 is 2.00 bits per heavy atom. The van der Waals surface area contributed by atoms with Gasteiger partial charge >= 0.3 is 0 Å². The molecule has 0 saturated carbocycles. The second kappa shape index (κ2) is 8.14. The highest BCUT2D eigenvalue weighted by atomic mass is 35.5. The lowest BCUT2D eigenvalue weighted by Crippen LogP contribution is -3.12. The normalized spacial score (nSPS) is 15.4. The first-order chi connectivity index (χ1) is 13.1. The lowest BCUT2D eigenvalue weighted by atomic mass is 10.1. The zero-order valence-corrected chi connectivity index (χ0v) is 17.3. The molecule has 0 radical (unpaired) electrons. The van der Waals surface area contributed by atoms with Crippen molar-refractivity contribution in [1.82, 2.24) is 14.9 Å². The molecule has 27 heavy (non-hydrogen) atoms. The number of carbonyl (C=O) groups is 1. The first kappa shape index (κ1) is 18.7. The van der Waals surface area contributed by atoms with Crippen molar-refractivity contribution in [3.8, 4) is 11.1 Å². The summed E-state index contributed by atoms with van der Waals surface area (Å²) in [4.78, 5) is 25.8. The van der Waals surface area contributed by atoms with Gasteiger partial charge in [0.2, 0.25) is 5.91 Å². The molecule has 140 valence electrons. The molecule has 0 spiro atoms. The van der Waals surface area contributed by atoms with Crippen LogP contribution in [0.15, 0.2) is 41.0 Å². The minimum atomic E-state index is 0.183. The van der Waals surface area contributed by atoms with Crippen LogP contribution in [0, 0.1) is 0 Å². The van der Waals surface area contributed by atoms with Gasteiger partial charge in [-0.3, -0.25) is 4.79 Å². The number of hydrogen-bond acceptors (Lipinski definition) is 5. The second-order valence-electron chi connectivity index (χ2n) is 6.64. The van der Waals surface area contributed by atoms with Gasteiger partial charge in [0, 0.05) is 16.0 Å². The number of nitrogens with one attached hydrogen (secondary N) is 1. The zero-order chi connectivity index (χ0) is 18.8. The van der Waals surface area contributed by atoms with Gasteiger partial charge in [-0.05, 0) is 17.7 Å². The number of nitrogens with zero attached hydrogens (tertiary/aromatic N) is 3. The molecule has 4 rings (SSSR count). The first-order valence-corrected chi connectivity index (χ1v) is 11.1. The summed E-state index contributed by atoms with van der Waals surface area (Å²) in [5, 5.41) is 4.69. The van der Waals surface area contributed by atoms with E-state index in [-0.39, 0.29) is 5.91 Å². The fourth-order valence-corrected chi connectivity index (χ4v) is 5.18. The monoisotopic (exact) mass is 419 g/mol. The van der Waals surface area contributed by atoms with Gasteiger partial charge in [-0.2, -0.15) is 0 Å². The van der Waals surface area contributed by atoms with Crippen molar-refractivity contribution >= 4 is 50.8 Å². The number of likely N-dealkylation sites (N-methyl/N-ethyl adjacent to an activating group) is 1. The van der Waals surface area contributed by atoms with Crippen LogP contribution in [0.2, 0.25) is 5.02 Å². The Morgan fingerprint density at radius 1 is 1.26 bits per heavy atom. The minimum Gasteiger partial charge on any atom is -0.334 e. The van der Waals surface area contributed by atoms with Crippen LogP contribution < -0.4 is 4.90 Å². The number of amides is 1. The summed E-state index contributed by atoms with van der Waals surface area (Å²) in [7, 11) is 2.17. The number of carbonyl (C=O) groups excluding carboxylic acids is 1. The molecule has 1 aliphatic heterocycles. The average molecular weight is 420 g/mol. The maximum atomic E-state index is 12.6. The standard InChI is InChI=1S/C19H19ClN4OS2/c1-23-6-8-24(9-7-23)16(25)11-27-19-17-15(10-26-18(17)21-12-22-19)13-2-4-14(20)5-3-13/h2-5,10,12H,6-9,11H2,1H3/p+1. The number of hydrogen-bond donors (Lipinski definition) is 1. The summed E-state index contributed by atoms with van der Waals surface area (Å²) < 4.78 is 0. The largest absolute Gasteiger partial charge is 0.334 e. The number of quaternary nitrogens is 1. The summed E-state index contributed by atoms with van der Waals surface area (Å²) in [6, 6.07) is 7.78. The van der Waals surface area contributed by atoms with Crippen molar-refractivity contribution < 1.29 is 9.69 Å². The number of thiophene rings is 1. The molecule has 5 nitrogen and oxygen atoms in total. The van der Waals surface area contributed by atoms with Gasteiger partial charge in [-0.25, -0.2) is 9.97 Å². The minimum absolute atomic E-state index is 0.183. The van der Waals surface area contributed by atoms with E-state index in [0.717, 1.165) is 52.5 Å². The summed E-state index contributed by atoms with van der Waals surface area (Å²) >= 11 is 9.11. The summed E-state index contributed by atoms with van der Waals surface area (Å²) in [5.74, 6) is 0.587. The summed E-state index contributed by atoms with van der Waals surface area (Å²) in [6.45, 7) is 3.69. The Kier molecular flexibility index (Phi) is 5.63. The third-order valence-corrected chi connectivity index (χ3v) is 6.91. The second-order valence-corrected chi connectivity index (χ2v) is 8.90. The Bertz CT molecular complexity index is 952. The number of rotatable bonds is 4. The van der Waals surface area contributed by atoms with Crippen LogP contribution in [-0.2, 0) is 4.79 Å². The highest BCUT2D eigenvalue weighted by Gasteiger charge is 2.22. The molecular weight excluding hydrogens is 400 g/mol. The SMILES string of the molecule is C[NH+]1CCN(C(=O)CSc2ncnc3scc(-c4ccc(Cl)cc4)c23)CC1. The molecular formula is C19H20ClN4OS2+. The topological polar surface area (TPSA) is 50.5 Å². The van der Waals surface area contributed by atoms with Crippen LogP contribution in [-0.4, -0.2) is 59.8 Å². The molecule has 1 amide bonds. The van der Waals surface area contributed by atoms with Gasteiger partial charge in [0.15, 0.2) is 0 Å². The number of halogens is 1. The van der Waals surface area contributed by atoms with Crippen molar-refractivity contribution in [2.24, 2.45) is 0 Å². The molecule has 0 unspecified atom stereocenters. The van der Waals surface area contributed by atoms with Gasteiger partial charge in [-0.15, -0.1) is 11.3 Å². The van der Waals surface area contributed by atoms with E-state index < -0.39 is 0 Å². The predicted octanol–water partition coefficient (Wildman–Crippen LogP) is 2.46. The molecule has 3 aromatic rings. The van der Waals surface area contributed by atoms with Crippen LogP contribution in [0.25, 0.3) is 21.3 Å². The Hall–Kier alpha value is -1.67. The maximum absolute atomic E-state index is 12.6. The van der Waals surface area contributed by atoms with Crippen LogP contribution in [0.5, 0.6) is 0 Å². The molecule has 1 N–H and O–H groups in total. The number of aromatic nitrogens is 2. The molecule has 0 atom stereocenters. The number of thioether (sulfide) groups is 1. The molecule has 1 fully saturated rings. The maximum Gasteiger partial charge on any atom is 0.233 e. The molecule has 0 aliphatic carbocycles. The Morgan fingerprint density at radius 3 is 2.74 bits per heavy atom. The van der Waals surface area contributed by atoms with Crippen LogP contribution in [0.1, 0.15) is 0 Å². The van der Waals surface area contributed by atoms with E-state index in [4.69, 9.17) is 11.6 Å². The smallest absolute Gasteiger partial charge is 0.233 e. The third kappa shape index (κ3) is 4.11. The van der Waals surface area contributed by atoms with Crippen molar-refractivity contribution in [1.29, 1.82) is 0 Å². The van der Waals surface area contributed by atoms with E-state index in [1.165, 1.54) is 16.7 Å². The molecule has 8 heteroatoms. The third-order valence-electron chi connectivity index (χ3n) is 4.79. The molecule has 0 bridgehead atoms. The predicted molar refractivity (Wildman–Crippen MR) is 112 cm³/mol. The van der Waals surface area contributed by atoms with Crippen LogP contribution in [0.3, 0.4) is 0 Å². The van der Waals surface area contributed by atoms with Crippen molar-refractivity contribution in [2.45, 2.75) is 5.03 Å². The molecule has 1 aromatic carbocycles. The highest BCUT2D eigenvalue weighted by molar-refractivity contribution is 8.00. The van der Waals surface area contributed by atoms with Gasteiger partial charge < -0.3 is 9.80 Å². The average Bonchev–Trinajstić information content (AvgIpc) is 3.12. The van der Waals surface area contributed by atoms with E-state index in [0.29, 0.717) is 10.8 Å². The summed E-state index contributed by atoms with van der Waals surface area (Å²) in [5.41, 5.74) is 2.17. The lowest BCUT2D eigenvalue weighted by molar-refractivity contribution is -0.883. The quantitative estimate of drug-likeness (QED) is 0.521. The van der Waals surface area contributed by atoms with E-state index in [1.54, 1.807) is 17.7 Å². The van der Waals surface area contributed by atoms with Gasteiger partial charge in [0.25, 0.3) is 0 Å². The van der Waals surface area contributed by atoms with E-state index in [9.17, 15) is 4.79 Å². The number of fused-ring (bicyclic) bond motifs is 1. The van der Waals surface area contributed by atoms with Crippen molar-refractivity contribution in [2.75, 3.05) is 39.0 Å². The fourth-order valence-electron chi connectivity index (χ4n) is 3.16. The highest BCUT2D eigenvalue weighted by Crippen LogP contribution is 2.38. The zero-order valence-electron chi connectivity index (χ0n) is 14.9. The lowest BCUT2D eigenvalue weighted by Gasteiger charge is -2.30. The molecule has 2 aromatic heterocycles. The van der Waals surface area contributed by atoms with Gasteiger partial charge in [0.1, 0.15) is 16.2 Å². The molecule has 3 heterocycles. The number of benzene rings is 1. The van der Waals surface area contributed by atoms with Crippen molar-refractivity contribution in [3.63, 3.8) is 0 Å². The number of piperazine rings is 1. The Labute approximate surface area is 171 Å². The summed E-state index contributed by atoms with van der Waals surface area (Å²) in [6.07, 6.45) is 1.58. The molecule has 1 aliphatic rings. The van der Waals surface area contributed by atoms with Crippen molar-refractivity contribution in [3.05, 3.63) is 41.0 Å². The van der Waals surface area contributed by atoms with E-state index in [1.807, 2.05) is 29.2 Å². The van der Waals surface area contributed by atoms with Gasteiger partial charge in [-0.1, -0.05) is 35.5 Å². The van der Waals surface area contributed by atoms with Gasteiger partial charge in [0.05, 0.1) is 44.4 Å². The first-order valence-electron chi connectivity index (χ1n) is 8.82. The van der Waals surface area contributed by atoms with E-state index >= 15 is 0 Å². The fraction of sp³-hybridized carbons (Fsp3) is 0.316. The molecule has 1 saturated heterocycles.